The van der Waals surface area contributed by atoms with Gasteiger partial charge in [0.1, 0.15) is 12.4 Å². The lowest BCUT2D eigenvalue weighted by Crippen LogP contribution is -2.31. The van der Waals surface area contributed by atoms with Crippen molar-refractivity contribution in [3.63, 3.8) is 0 Å². The molecule has 0 fully saturated rings. The molecule has 0 heterocycles. The van der Waals surface area contributed by atoms with Crippen molar-refractivity contribution >= 4 is 0 Å². The van der Waals surface area contributed by atoms with E-state index in [-0.39, 0.29) is 0 Å². The molecule has 1 aromatic carbocycles. The fraction of sp³-hybridized carbons (Fsp3) is 0.571. The zero-order valence-corrected chi connectivity index (χ0v) is 11.1. The van der Waals surface area contributed by atoms with Crippen LogP contribution in [0, 0.1) is 20.8 Å². The van der Waals surface area contributed by atoms with Gasteiger partial charge in [0.15, 0.2) is 0 Å². The van der Waals surface area contributed by atoms with Gasteiger partial charge in [0.05, 0.1) is 0 Å². The summed E-state index contributed by atoms with van der Waals surface area (Å²) in [6.07, 6.45) is 0. The Morgan fingerprint density at radius 3 is 2.25 bits per heavy atom. The number of hydrogen-bond acceptors (Lipinski definition) is 2. The molecule has 0 saturated carbocycles. The van der Waals surface area contributed by atoms with Crippen molar-refractivity contribution in [3.05, 3.63) is 28.8 Å². The van der Waals surface area contributed by atoms with Crippen molar-refractivity contribution in [2.24, 2.45) is 0 Å². The summed E-state index contributed by atoms with van der Waals surface area (Å²) in [4.78, 5) is 0. The number of likely N-dealkylation sites (N-methyl/N-ethyl adjacent to an activating group) is 1. The van der Waals surface area contributed by atoms with Gasteiger partial charge in [0, 0.05) is 6.04 Å². The Morgan fingerprint density at radius 1 is 1.19 bits per heavy atom. The molecule has 2 heteroatoms. The van der Waals surface area contributed by atoms with Crippen LogP contribution < -0.4 is 10.1 Å². The maximum Gasteiger partial charge on any atom is 0.125 e. The van der Waals surface area contributed by atoms with Crippen LogP contribution in [0.1, 0.15) is 30.5 Å². The van der Waals surface area contributed by atoms with Gasteiger partial charge in [0.2, 0.25) is 0 Å². The lowest BCUT2D eigenvalue weighted by Gasteiger charge is -2.17. The van der Waals surface area contributed by atoms with Gasteiger partial charge in [-0.15, -0.1) is 0 Å². The number of aryl methyl sites for hydroxylation is 3. The molecule has 0 radical (unpaired) electrons. The van der Waals surface area contributed by atoms with E-state index in [1.807, 2.05) is 0 Å². The standard InChI is InChI=1S/C14H23NO/c1-6-15-13(5)9-16-14-11(3)7-10(2)8-12(14)4/h7-8,13,15H,6,9H2,1-5H3. The topological polar surface area (TPSA) is 21.3 Å². The maximum absolute atomic E-state index is 5.87. The highest BCUT2D eigenvalue weighted by Crippen LogP contribution is 2.24. The molecule has 0 aliphatic rings. The molecular weight excluding hydrogens is 198 g/mol. The van der Waals surface area contributed by atoms with Crippen LogP contribution in [-0.2, 0) is 0 Å². The first-order valence-electron chi connectivity index (χ1n) is 5.98. The van der Waals surface area contributed by atoms with E-state index in [0.29, 0.717) is 6.04 Å². The normalized spacial score (nSPS) is 12.6. The maximum atomic E-state index is 5.87. The second-order valence-electron chi connectivity index (χ2n) is 4.50. The zero-order valence-electron chi connectivity index (χ0n) is 11.1. The summed E-state index contributed by atoms with van der Waals surface area (Å²) in [6, 6.07) is 4.73. The van der Waals surface area contributed by atoms with E-state index in [2.05, 4.69) is 52.1 Å². The van der Waals surface area contributed by atoms with Gasteiger partial charge < -0.3 is 10.1 Å². The van der Waals surface area contributed by atoms with Crippen LogP contribution in [0.25, 0.3) is 0 Å². The minimum absolute atomic E-state index is 0.394. The molecule has 16 heavy (non-hydrogen) atoms. The third-order valence-electron chi connectivity index (χ3n) is 2.63. The van der Waals surface area contributed by atoms with Crippen molar-refractivity contribution in [2.75, 3.05) is 13.2 Å². The van der Waals surface area contributed by atoms with Crippen molar-refractivity contribution in [1.82, 2.24) is 5.32 Å². The molecular formula is C14H23NO. The van der Waals surface area contributed by atoms with Gasteiger partial charge in [-0.05, 0) is 45.4 Å². The SMILES string of the molecule is CCNC(C)COc1c(C)cc(C)cc1C. The highest BCUT2D eigenvalue weighted by atomic mass is 16.5. The quantitative estimate of drug-likeness (QED) is 0.825. The minimum atomic E-state index is 0.394. The number of rotatable bonds is 5. The van der Waals surface area contributed by atoms with Gasteiger partial charge >= 0.3 is 0 Å². The van der Waals surface area contributed by atoms with E-state index in [0.717, 1.165) is 18.9 Å². The summed E-state index contributed by atoms with van der Waals surface area (Å²) in [6.45, 7) is 12.3. The van der Waals surface area contributed by atoms with E-state index < -0.39 is 0 Å². The summed E-state index contributed by atoms with van der Waals surface area (Å²) in [5.41, 5.74) is 3.74. The third kappa shape index (κ3) is 3.53. The summed E-state index contributed by atoms with van der Waals surface area (Å²) >= 11 is 0. The summed E-state index contributed by atoms with van der Waals surface area (Å²) in [5.74, 6) is 1.04. The van der Waals surface area contributed by atoms with E-state index in [4.69, 9.17) is 4.74 Å². The van der Waals surface area contributed by atoms with Crippen molar-refractivity contribution < 1.29 is 4.74 Å². The second kappa shape index (κ2) is 5.90. The Balaban J connectivity index is 2.67. The highest BCUT2D eigenvalue weighted by molar-refractivity contribution is 5.42. The predicted octanol–water partition coefficient (Wildman–Crippen LogP) is 2.99. The molecule has 1 atom stereocenters. The third-order valence-corrected chi connectivity index (χ3v) is 2.63. The van der Waals surface area contributed by atoms with Gasteiger partial charge in [-0.3, -0.25) is 0 Å². The van der Waals surface area contributed by atoms with Crippen molar-refractivity contribution in [3.8, 4) is 5.75 Å². The Kier molecular flexibility index (Phi) is 4.81. The summed E-state index contributed by atoms with van der Waals surface area (Å²) in [7, 11) is 0. The number of benzene rings is 1. The van der Waals surface area contributed by atoms with Crippen LogP contribution in [0.3, 0.4) is 0 Å². The Labute approximate surface area is 99.0 Å². The Hall–Kier alpha value is -1.02. The predicted molar refractivity (Wildman–Crippen MR) is 69.3 cm³/mol. The van der Waals surface area contributed by atoms with Crippen molar-refractivity contribution in [1.29, 1.82) is 0 Å². The molecule has 1 aromatic rings. The number of nitrogens with one attached hydrogen (secondary N) is 1. The van der Waals surface area contributed by atoms with Crippen LogP contribution in [0.2, 0.25) is 0 Å². The summed E-state index contributed by atoms with van der Waals surface area (Å²) in [5, 5.41) is 3.34. The second-order valence-corrected chi connectivity index (χ2v) is 4.50. The first kappa shape index (κ1) is 13.0. The van der Waals surface area contributed by atoms with Crippen molar-refractivity contribution in [2.45, 2.75) is 40.7 Å². The number of hydrogen-bond donors (Lipinski definition) is 1. The Morgan fingerprint density at radius 2 is 1.75 bits per heavy atom. The molecule has 0 saturated heterocycles. The van der Waals surface area contributed by atoms with E-state index in [1.165, 1.54) is 16.7 Å². The van der Waals surface area contributed by atoms with Gasteiger partial charge in [-0.25, -0.2) is 0 Å². The largest absolute Gasteiger partial charge is 0.491 e. The zero-order chi connectivity index (χ0) is 12.1. The molecule has 90 valence electrons. The molecule has 0 spiro atoms. The molecule has 1 rings (SSSR count). The lowest BCUT2D eigenvalue weighted by atomic mass is 10.1. The molecule has 0 aliphatic heterocycles. The van der Waals surface area contributed by atoms with E-state index >= 15 is 0 Å². The van der Waals surface area contributed by atoms with Crippen LogP contribution in [0.4, 0.5) is 0 Å². The monoisotopic (exact) mass is 221 g/mol. The van der Waals surface area contributed by atoms with Gasteiger partial charge in [-0.1, -0.05) is 24.6 Å². The fourth-order valence-corrected chi connectivity index (χ4v) is 2.01. The molecule has 0 bridgehead atoms. The smallest absolute Gasteiger partial charge is 0.125 e. The van der Waals surface area contributed by atoms with Gasteiger partial charge in [0.25, 0.3) is 0 Å². The molecule has 1 N–H and O–H groups in total. The average Bonchev–Trinajstić information content (AvgIpc) is 2.16. The van der Waals surface area contributed by atoms with Crippen LogP contribution >= 0.6 is 0 Å². The van der Waals surface area contributed by atoms with Crippen LogP contribution in [0.15, 0.2) is 12.1 Å². The van der Waals surface area contributed by atoms with Crippen LogP contribution in [0.5, 0.6) is 5.75 Å². The Bertz CT molecular complexity index is 324. The van der Waals surface area contributed by atoms with Gasteiger partial charge in [-0.2, -0.15) is 0 Å². The van der Waals surface area contributed by atoms with E-state index in [1.54, 1.807) is 0 Å². The summed E-state index contributed by atoms with van der Waals surface area (Å²) < 4.78 is 5.87. The van der Waals surface area contributed by atoms with E-state index in [9.17, 15) is 0 Å². The average molecular weight is 221 g/mol. The highest BCUT2D eigenvalue weighted by Gasteiger charge is 2.07. The molecule has 0 aliphatic carbocycles. The first-order chi connectivity index (χ1) is 7.54. The minimum Gasteiger partial charge on any atom is -0.491 e. The van der Waals surface area contributed by atoms with Crippen LogP contribution in [-0.4, -0.2) is 19.2 Å². The fourth-order valence-electron chi connectivity index (χ4n) is 2.01. The molecule has 1 unspecified atom stereocenters. The first-order valence-corrected chi connectivity index (χ1v) is 5.98. The lowest BCUT2D eigenvalue weighted by molar-refractivity contribution is 0.272. The molecule has 0 amide bonds. The molecule has 0 aromatic heterocycles. The molecule has 2 nitrogen and oxygen atoms in total. The number of ether oxygens (including phenoxy) is 1.